The monoisotopic (exact) mass is 305 g/mol. The normalized spacial score (nSPS) is 14.0. The van der Waals surface area contributed by atoms with E-state index >= 15 is 0 Å². The topological polar surface area (TPSA) is 97.5 Å². The molecular weight excluding hydrogens is 294 g/mol. The average molecular weight is 305 g/mol. The molecule has 0 aromatic heterocycles. The average Bonchev–Trinajstić information content (AvgIpc) is 2.65. The second-order valence-corrected chi connectivity index (χ2v) is 6.18. The minimum Gasteiger partial charge on any atom is -0.744 e. The maximum Gasteiger partial charge on any atom is 0.370 e. The maximum absolute atomic E-state index is 11.4. The molecule has 0 spiro atoms. The van der Waals surface area contributed by atoms with Crippen molar-refractivity contribution in [2.45, 2.75) is 11.8 Å². The van der Waals surface area contributed by atoms with Crippen molar-refractivity contribution in [3.8, 4) is 0 Å². The van der Waals surface area contributed by atoms with Gasteiger partial charge in [0.25, 0.3) is 0 Å². The lowest BCUT2D eigenvalue weighted by atomic mass is 10.0. The number of hydrogen-bond acceptors (Lipinski definition) is 4. The lowest BCUT2D eigenvalue weighted by Gasteiger charge is -2.10. The van der Waals surface area contributed by atoms with Gasteiger partial charge >= 0.3 is 5.97 Å². The number of aliphatic carboxylic acids is 1. The summed E-state index contributed by atoms with van der Waals surface area (Å²) in [6, 6.07) is 7.71. The van der Waals surface area contributed by atoms with Gasteiger partial charge in [0.15, 0.2) is 5.71 Å². The van der Waals surface area contributed by atoms with E-state index in [1.54, 1.807) is 29.7 Å². The van der Waals surface area contributed by atoms with Crippen LogP contribution in [0, 0.1) is 0 Å². The number of carboxylic acid groups (broad SMARTS) is 1. The third-order valence-electron chi connectivity index (χ3n) is 3.63. The molecule has 1 N–H and O–H groups in total. The molecule has 6 nitrogen and oxygen atoms in total. The van der Waals surface area contributed by atoms with Gasteiger partial charge in [-0.05, 0) is 12.1 Å². The van der Waals surface area contributed by atoms with E-state index < -0.39 is 16.1 Å². The highest BCUT2D eigenvalue weighted by molar-refractivity contribution is 7.86. The lowest BCUT2D eigenvalue weighted by molar-refractivity contribution is -0.427. The van der Waals surface area contributed by atoms with E-state index in [0.717, 1.165) is 11.3 Å². The Bertz CT molecular complexity index is 928. The van der Waals surface area contributed by atoms with Crippen LogP contribution in [0.3, 0.4) is 0 Å². The van der Waals surface area contributed by atoms with Crippen LogP contribution in [-0.4, -0.2) is 40.9 Å². The first kappa shape index (κ1) is 13.7. The summed E-state index contributed by atoms with van der Waals surface area (Å²) in [6.07, 6.45) is 0. The van der Waals surface area contributed by atoms with Crippen LogP contribution in [0.4, 0.5) is 5.69 Å². The van der Waals surface area contributed by atoms with Gasteiger partial charge < -0.3 is 9.66 Å². The van der Waals surface area contributed by atoms with Gasteiger partial charge in [0, 0.05) is 18.4 Å². The molecule has 3 rings (SSSR count). The number of carboxylic acids is 1. The van der Waals surface area contributed by atoms with Crippen molar-refractivity contribution in [2.75, 3.05) is 6.54 Å². The van der Waals surface area contributed by atoms with Crippen LogP contribution < -0.4 is 0 Å². The van der Waals surface area contributed by atoms with Crippen LogP contribution in [0.25, 0.3) is 10.8 Å². The Hall–Kier alpha value is -2.25. The van der Waals surface area contributed by atoms with Crippen molar-refractivity contribution < 1.29 is 27.4 Å². The van der Waals surface area contributed by atoms with E-state index in [2.05, 4.69) is 0 Å². The molecule has 1 aliphatic rings. The van der Waals surface area contributed by atoms with Crippen molar-refractivity contribution in [3.05, 3.63) is 35.9 Å². The van der Waals surface area contributed by atoms with E-state index in [1.807, 2.05) is 0 Å². The van der Waals surface area contributed by atoms with Crippen LogP contribution >= 0.6 is 0 Å². The quantitative estimate of drug-likeness (QED) is 0.681. The molecular formula is C14H11NO5S. The number of carbonyl (C=O) groups is 1. The standard InChI is InChI=1S/C14H11NO5S/c1-8-9-3-2-4-10-12(21(18,19)20)6-5-11(14(9)10)15(8)7-13(16)17/h2-6H,7H2,1H3,(H-,16,17,18,19,20). The molecule has 0 saturated heterocycles. The van der Waals surface area contributed by atoms with Gasteiger partial charge in [-0.25, -0.2) is 13.2 Å². The Labute approximate surface area is 120 Å². The zero-order chi connectivity index (χ0) is 15.4. The first-order valence-corrected chi connectivity index (χ1v) is 7.56. The molecule has 0 unspecified atom stereocenters. The summed E-state index contributed by atoms with van der Waals surface area (Å²) < 4.78 is 35.7. The molecule has 7 heteroatoms. The van der Waals surface area contributed by atoms with Gasteiger partial charge in [0.2, 0.25) is 12.2 Å². The van der Waals surface area contributed by atoms with E-state index in [-0.39, 0.29) is 11.4 Å². The highest BCUT2D eigenvalue weighted by Crippen LogP contribution is 2.38. The molecule has 0 saturated carbocycles. The van der Waals surface area contributed by atoms with E-state index in [9.17, 15) is 17.8 Å². The Morgan fingerprint density at radius 3 is 2.62 bits per heavy atom. The van der Waals surface area contributed by atoms with E-state index in [4.69, 9.17) is 5.11 Å². The summed E-state index contributed by atoms with van der Waals surface area (Å²) >= 11 is 0. The Balaban J connectivity index is 2.39. The summed E-state index contributed by atoms with van der Waals surface area (Å²) in [5.41, 5.74) is 2.07. The Morgan fingerprint density at radius 2 is 2.00 bits per heavy atom. The first-order chi connectivity index (χ1) is 9.80. The molecule has 0 fully saturated rings. The van der Waals surface area contributed by atoms with Gasteiger partial charge in [-0.1, -0.05) is 12.1 Å². The SMILES string of the molecule is CC1=[N+](CC(=O)O)c2ccc(S(=O)(=O)[O-])c3cccc1c23. The smallest absolute Gasteiger partial charge is 0.370 e. The minimum absolute atomic E-state index is 0.223. The number of nitrogens with zero attached hydrogens (tertiary/aromatic N) is 1. The molecule has 1 aliphatic heterocycles. The third-order valence-corrected chi connectivity index (χ3v) is 4.52. The van der Waals surface area contributed by atoms with Gasteiger partial charge in [0.1, 0.15) is 10.1 Å². The van der Waals surface area contributed by atoms with Crippen molar-refractivity contribution in [3.63, 3.8) is 0 Å². The first-order valence-electron chi connectivity index (χ1n) is 6.15. The predicted octanol–water partition coefficient (Wildman–Crippen LogP) is 1.30. The molecule has 1 heterocycles. The van der Waals surface area contributed by atoms with Crippen LogP contribution in [0.5, 0.6) is 0 Å². The molecule has 21 heavy (non-hydrogen) atoms. The zero-order valence-corrected chi connectivity index (χ0v) is 11.8. The summed E-state index contributed by atoms with van der Waals surface area (Å²) in [5.74, 6) is -0.990. The minimum atomic E-state index is -4.59. The van der Waals surface area contributed by atoms with E-state index in [0.29, 0.717) is 16.5 Å². The number of hydrogen-bond donors (Lipinski definition) is 1. The molecule has 0 amide bonds. The molecule has 2 aromatic rings. The fourth-order valence-corrected chi connectivity index (χ4v) is 3.45. The molecule has 0 bridgehead atoms. The number of benzene rings is 2. The van der Waals surface area contributed by atoms with Crippen molar-refractivity contribution in [1.29, 1.82) is 0 Å². The molecule has 108 valence electrons. The Kier molecular flexibility index (Phi) is 2.86. The van der Waals surface area contributed by atoms with Gasteiger partial charge in [0.05, 0.1) is 15.8 Å². The highest BCUT2D eigenvalue weighted by Gasteiger charge is 2.31. The van der Waals surface area contributed by atoms with Crippen LogP contribution in [0.2, 0.25) is 0 Å². The molecule has 0 aliphatic carbocycles. The molecule has 2 aromatic carbocycles. The maximum atomic E-state index is 11.4. The van der Waals surface area contributed by atoms with Crippen molar-refractivity contribution in [1.82, 2.24) is 0 Å². The van der Waals surface area contributed by atoms with Crippen molar-refractivity contribution in [2.24, 2.45) is 0 Å². The molecule has 0 atom stereocenters. The summed E-state index contributed by atoms with van der Waals surface area (Å²) in [7, 11) is -4.59. The van der Waals surface area contributed by atoms with Crippen molar-refractivity contribution >= 4 is 38.3 Å². The second-order valence-electron chi connectivity index (χ2n) is 4.83. The van der Waals surface area contributed by atoms with Crippen LogP contribution in [-0.2, 0) is 14.9 Å². The summed E-state index contributed by atoms with van der Waals surface area (Å²) in [6.45, 7) is 1.54. The zero-order valence-electron chi connectivity index (χ0n) is 11.0. The largest absolute Gasteiger partial charge is 0.744 e. The number of rotatable bonds is 3. The lowest BCUT2D eigenvalue weighted by Crippen LogP contribution is -2.19. The second kappa shape index (κ2) is 4.37. The highest BCUT2D eigenvalue weighted by atomic mass is 32.2. The van der Waals surface area contributed by atoms with E-state index in [1.165, 1.54) is 12.1 Å². The van der Waals surface area contributed by atoms with Crippen LogP contribution in [0.15, 0.2) is 35.2 Å². The molecule has 0 radical (unpaired) electrons. The summed E-state index contributed by atoms with van der Waals surface area (Å²) in [5, 5.41) is 9.94. The van der Waals surface area contributed by atoms with Gasteiger partial charge in [-0.15, -0.1) is 0 Å². The third kappa shape index (κ3) is 2.01. The fourth-order valence-electron chi connectivity index (χ4n) is 2.77. The van der Waals surface area contributed by atoms with Gasteiger partial charge in [-0.3, -0.25) is 0 Å². The predicted molar refractivity (Wildman–Crippen MR) is 74.1 cm³/mol. The Morgan fingerprint density at radius 1 is 1.29 bits per heavy atom. The van der Waals surface area contributed by atoms with Gasteiger partial charge in [-0.2, -0.15) is 4.58 Å². The van der Waals surface area contributed by atoms with Crippen LogP contribution in [0.1, 0.15) is 12.5 Å². The summed E-state index contributed by atoms with van der Waals surface area (Å²) in [4.78, 5) is 10.7. The fraction of sp³-hybridized carbons (Fsp3) is 0.143.